The van der Waals surface area contributed by atoms with Crippen molar-refractivity contribution in [3.8, 4) is 0 Å². The number of piperidine rings is 1. The van der Waals surface area contributed by atoms with Crippen LogP contribution in [0.15, 0.2) is 12.3 Å². The van der Waals surface area contributed by atoms with Gasteiger partial charge in [0, 0.05) is 24.9 Å². The second-order valence-electron chi connectivity index (χ2n) is 3.97. The van der Waals surface area contributed by atoms with Gasteiger partial charge in [-0.2, -0.15) is 0 Å². The minimum absolute atomic E-state index is 0.404. The summed E-state index contributed by atoms with van der Waals surface area (Å²) in [6, 6.07) is 0.404. The minimum atomic E-state index is -0.905. The number of nitrogens with zero attached hydrogens (tertiary/aromatic N) is 1. The van der Waals surface area contributed by atoms with Crippen molar-refractivity contribution >= 4 is 5.97 Å². The normalized spacial score (nSPS) is 29.3. The lowest BCUT2D eigenvalue weighted by atomic mass is 9.94. The third-order valence-corrected chi connectivity index (χ3v) is 2.64. The van der Waals surface area contributed by atoms with Crippen molar-refractivity contribution in [2.75, 3.05) is 20.1 Å². The molecule has 1 aliphatic heterocycles. The van der Waals surface area contributed by atoms with Gasteiger partial charge in [0.2, 0.25) is 0 Å². The molecule has 1 rings (SSSR count). The van der Waals surface area contributed by atoms with E-state index in [-0.39, 0.29) is 0 Å². The number of nitrogens with one attached hydrogen (secondary N) is 1. The highest BCUT2D eigenvalue weighted by molar-refractivity contribution is 5.79. The Morgan fingerprint density at radius 3 is 2.93 bits per heavy atom. The highest BCUT2D eigenvalue weighted by Crippen LogP contribution is 2.14. The van der Waals surface area contributed by atoms with Crippen molar-refractivity contribution in [2.45, 2.75) is 19.4 Å². The summed E-state index contributed by atoms with van der Waals surface area (Å²) >= 11 is 0. The molecule has 2 atom stereocenters. The minimum Gasteiger partial charge on any atom is -0.478 e. The molecule has 0 saturated carbocycles. The topological polar surface area (TPSA) is 52.6 Å². The van der Waals surface area contributed by atoms with Crippen LogP contribution in [0.3, 0.4) is 0 Å². The molecule has 14 heavy (non-hydrogen) atoms. The molecule has 0 aromatic carbocycles. The lowest BCUT2D eigenvalue weighted by molar-refractivity contribution is -0.131. The monoisotopic (exact) mass is 198 g/mol. The van der Waals surface area contributed by atoms with E-state index in [0.29, 0.717) is 12.0 Å². The van der Waals surface area contributed by atoms with Gasteiger partial charge in [0.05, 0.1) is 0 Å². The van der Waals surface area contributed by atoms with Crippen molar-refractivity contribution in [1.29, 1.82) is 0 Å². The summed E-state index contributed by atoms with van der Waals surface area (Å²) in [5, 5.41) is 11.6. The predicted molar refractivity (Wildman–Crippen MR) is 55.0 cm³/mol. The summed E-state index contributed by atoms with van der Waals surface area (Å²) in [7, 11) is 2.11. The fourth-order valence-corrected chi connectivity index (χ4v) is 1.84. The van der Waals surface area contributed by atoms with Gasteiger partial charge in [-0.1, -0.05) is 6.92 Å². The van der Waals surface area contributed by atoms with Crippen LogP contribution in [0.4, 0.5) is 0 Å². The number of carbonyl (C=O) groups is 1. The van der Waals surface area contributed by atoms with Crippen LogP contribution in [0, 0.1) is 5.92 Å². The number of rotatable bonds is 3. The van der Waals surface area contributed by atoms with E-state index >= 15 is 0 Å². The number of likely N-dealkylation sites (tertiary alicyclic amines) is 1. The summed E-state index contributed by atoms with van der Waals surface area (Å²) in [6.45, 7) is 4.32. The molecule has 4 nitrogen and oxygen atoms in total. The number of aliphatic carboxylic acids is 1. The van der Waals surface area contributed by atoms with Gasteiger partial charge in [-0.15, -0.1) is 0 Å². The second-order valence-corrected chi connectivity index (χ2v) is 3.97. The zero-order valence-corrected chi connectivity index (χ0v) is 8.73. The molecule has 0 aromatic heterocycles. The number of carboxylic acid groups (broad SMARTS) is 1. The van der Waals surface area contributed by atoms with E-state index in [4.69, 9.17) is 5.11 Å². The average Bonchev–Trinajstić information content (AvgIpc) is 2.08. The maximum Gasteiger partial charge on any atom is 0.329 e. The van der Waals surface area contributed by atoms with Gasteiger partial charge in [-0.3, -0.25) is 0 Å². The fraction of sp³-hybridized carbons (Fsp3) is 0.700. The van der Waals surface area contributed by atoms with E-state index in [1.54, 1.807) is 0 Å². The van der Waals surface area contributed by atoms with Crippen LogP contribution in [0.25, 0.3) is 0 Å². The summed E-state index contributed by atoms with van der Waals surface area (Å²) in [6.07, 6.45) is 3.75. The second kappa shape index (κ2) is 5.00. The molecule has 0 aliphatic carbocycles. The third-order valence-electron chi connectivity index (χ3n) is 2.64. The predicted octanol–water partition coefficient (Wildman–Crippen LogP) is 0.514. The molecular formula is C10H18N2O2. The maximum absolute atomic E-state index is 10.2. The molecule has 1 heterocycles. The fourth-order valence-electron chi connectivity index (χ4n) is 1.84. The molecule has 80 valence electrons. The highest BCUT2D eigenvalue weighted by Gasteiger charge is 2.22. The van der Waals surface area contributed by atoms with E-state index in [1.807, 2.05) is 0 Å². The number of hydrogen-bond acceptors (Lipinski definition) is 3. The first kappa shape index (κ1) is 11.0. The van der Waals surface area contributed by atoms with Crippen LogP contribution in [0.1, 0.15) is 13.3 Å². The Balaban J connectivity index is 2.34. The first-order valence-corrected chi connectivity index (χ1v) is 4.93. The van der Waals surface area contributed by atoms with Gasteiger partial charge >= 0.3 is 5.97 Å². The van der Waals surface area contributed by atoms with Crippen LogP contribution in [-0.4, -0.2) is 42.2 Å². The summed E-state index contributed by atoms with van der Waals surface area (Å²) < 4.78 is 0. The van der Waals surface area contributed by atoms with Gasteiger partial charge in [0.1, 0.15) is 0 Å². The summed E-state index contributed by atoms with van der Waals surface area (Å²) in [5.41, 5.74) is 0. The Kier molecular flexibility index (Phi) is 3.95. The molecule has 4 heteroatoms. The van der Waals surface area contributed by atoms with E-state index in [2.05, 4.69) is 24.2 Å². The van der Waals surface area contributed by atoms with Gasteiger partial charge < -0.3 is 15.3 Å². The van der Waals surface area contributed by atoms with Crippen molar-refractivity contribution in [3.05, 3.63) is 12.3 Å². The molecule has 2 unspecified atom stereocenters. The molecule has 0 spiro atoms. The van der Waals surface area contributed by atoms with Crippen molar-refractivity contribution in [3.63, 3.8) is 0 Å². The molecule has 0 aromatic rings. The lowest BCUT2D eigenvalue weighted by Gasteiger charge is -2.34. The Morgan fingerprint density at radius 2 is 2.36 bits per heavy atom. The lowest BCUT2D eigenvalue weighted by Crippen LogP contribution is -2.45. The zero-order chi connectivity index (χ0) is 10.6. The molecule has 0 amide bonds. The van der Waals surface area contributed by atoms with Crippen LogP contribution in [0.2, 0.25) is 0 Å². The SMILES string of the molecule is CC1CN(C)CCC1N/C=C/C(=O)O. The smallest absolute Gasteiger partial charge is 0.329 e. The van der Waals surface area contributed by atoms with E-state index < -0.39 is 5.97 Å². The molecule has 1 saturated heterocycles. The summed E-state index contributed by atoms with van der Waals surface area (Å²) in [5.74, 6) is -0.342. The molecule has 0 bridgehead atoms. The standard InChI is InChI=1S/C10H18N2O2/c1-8-7-12(2)6-4-9(8)11-5-3-10(13)14/h3,5,8-9,11H,4,6-7H2,1-2H3,(H,13,14)/b5-3+. The largest absolute Gasteiger partial charge is 0.478 e. The van der Waals surface area contributed by atoms with Crippen molar-refractivity contribution in [2.24, 2.45) is 5.92 Å². The number of carboxylic acids is 1. The third kappa shape index (κ3) is 3.38. The Bertz CT molecular complexity index is 228. The first-order valence-electron chi connectivity index (χ1n) is 4.93. The Labute approximate surface area is 84.6 Å². The molecular weight excluding hydrogens is 180 g/mol. The molecule has 0 radical (unpaired) electrons. The van der Waals surface area contributed by atoms with Gasteiger partial charge in [0.25, 0.3) is 0 Å². The Morgan fingerprint density at radius 1 is 1.64 bits per heavy atom. The molecule has 1 aliphatic rings. The van der Waals surface area contributed by atoms with Crippen molar-refractivity contribution < 1.29 is 9.90 Å². The van der Waals surface area contributed by atoms with Crippen LogP contribution in [-0.2, 0) is 4.79 Å². The first-order chi connectivity index (χ1) is 6.59. The number of hydrogen-bond donors (Lipinski definition) is 2. The van der Waals surface area contributed by atoms with E-state index in [0.717, 1.165) is 25.6 Å². The Hall–Kier alpha value is -1.03. The summed E-state index contributed by atoms with van der Waals surface area (Å²) in [4.78, 5) is 12.5. The van der Waals surface area contributed by atoms with Crippen LogP contribution in [0.5, 0.6) is 0 Å². The molecule has 1 fully saturated rings. The van der Waals surface area contributed by atoms with E-state index in [1.165, 1.54) is 6.20 Å². The van der Waals surface area contributed by atoms with Crippen LogP contribution >= 0.6 is 0 Å². The van der Waals surface area contributed by atoms with Gasteiger partial charge in [-0.05, 0) is 25.9 Å². The average molecular weight is 198 g/mol. The van der Waals surface area contributed by atoms with Gasteiger partial charge in [-0.25, -0.2) is 4.79 Å². The highest BCUT2D eigenvalue weighted by atomic mass is 16.4. The zero-order valence-electron chi connectivity index (χ0n) is 8.73. The van der Waals surface area contributed by atoms with Crippen molar-refractivity contribution in [1.82, 2.24) is 10.2 Å². The molecule has 2 N–H and O–H groups in total. The van der Waals surface area contributed by atoms with Crippen LogP contribution < -0.4 is 5.32 Å². The van der Waals surface area contributed by atoms with E-state index in [9.17, 15) is 4.79 Å². The maximum atomic E-state index is 10.2. The quantitative estimate of drug-likeness (QED) is 0.649. The van der Waals surface area contributed by atoms with Gasteiger partial charge in [0.15, 0.2) is 0 Å².